The summed E-state index contributed by atoms with van der Waals surface area (Å²) in [4.78, 5) is 12.8. The van der Waals surface area contributed by atoms with E-state index in [-0.39, 0.29) is 4.90 Å². The first-order chi connectivity index (χ1) is 16.3. The molecule has 0 aliphatic heterocycles. The molecule has 3 rings (SSSR count). The van der Waals surface area contributed by atoms with Gasteiger partial charge in [-0.25, -0.2) is 13.8 Å². The van der Waals surface area contributed by atoms with Gasteiger partial charge >= 0.3 is 0 Å². The molecular formula is C24H24BrN3O5S. The predicted octanol–water partition coefficient (Wildman–Crippen LogP) is 4.12. The maximum Gasteiger partial charge on any atom is 0.264 e. The van der Waals surface area contributed by atoms with E-state index in [0.29, 0.717) is 22.7 Å². The molecule has 3 aromatic rings. The summed E-state index contributed by atoms with van der Waals surface area (Å²) in [6, 6.07) is 18.3. The average Bonchev–Trinajstić information content (AvgIpc) is 2.83. The Morgan fingerprint density at radius 2 is 1.71 bits per heavy atom. The van der Waals surface area contributed by atoms with Crippen LogP contribution in [0.4, 0.5) is 5.69 Å². The van der Waals surface area contributed by atoms with Crippen molar-refractivity contribution in [2.45, 2.75) is 11.8 Å². The highest BCUT2D eigenvalue weighted by atomic mass is 79.9. The largest absolute Gasteiger partial charge is 0.493 e. The SMILES string of the molecule is COc1cccc(/C=N\NC(=O)CN(c2ccc(Br)cc2)S(=O)(=O)c2ccc(C)cc2)c1OC. The molecule has 0 aliphatic rings. The number of anilines is 1. The molecule has 0 spiro atoms. The minimum atomic E-state index is -4.01. The number of rotatable bonds is 9. The van der Waals surface area contributed by atoms with E-state index in [1.165, 1.54) is 32.6 Å². The quantitative estimate of drug-likeness (QED) is 0.322. The summed E-state index contributed by atoms with van der Waals surface area (Å²) in [6.45, 7) is 1.40. The summed E-state index contributed by atoms with van der Waals surface area (Å²) in [5.74, 6) is 0.363. The van der Waals surface area contributed by atoms with Gasteiger partial charge in [0.15, 0.2) is 11.5 Å². The Morgan fingerprint density at radius 3 is 2.32 bits per heavy atom. The lowest BCUT2D eigenvalue weighted by Gasteiger charge is -2.23. The van der Waals surface area contributed by atoms with Crippen LogP contribution in [-0.4, -0.2) is 41.3 Å². The third kappa shape index (κ3) is 5.95. The number of ether oxygens (including phenoxy) is 2. The van der Waals surface area contributed by atoms with Crippen LogP contribution in [0.3, 0.4) is 0 Å². The van der Waals surface area contributed by atoms with Gasteiger partial charge < -0.3 is 9.47 Å². The van der Waals surface area contributed by atoms with Crippen LogP contribution in [0.2, 0.25) is 0 Å². The van der Waals surface area contributed by atoms with Gasteiger partial charge in [0.25, 0.3) is 15.9 Å². The van der Waals surface area contributed by atoms with Crippen molar-refractivity contribution >= 4 is 43.8 Å². The van der Waals surface area contributed by atoms with Crippen molar-refractivity contribution in [1.82, 2.24) is 5.43 Å². The number of sulfonamides is 1. The van der Waals surface area contributed by atoms with Crippen molar-refractivity contribution in [2.24, 2.45) is 5.10 Å². The summed E-state index contributed by atoms with van der Waals surface area (Å²) in [5, 5.41) is 3.96. The first-order valence-electron chi connectivity index (χ1n) is 10.1. The second kappa shape index (κ2) is 11.2. The van der Waals surface area contributed by atoms with Gasteiger partial charge in [-0.1, -0.05) is 39.7 Å². The van der Waals surface area contributed by atoms with Crippen LogP contribution in [0, 0.1) is 6.92 Å². The van der Waals surface area contributed by atoms with Gasteiger partial charge in [-0.15, -0.1) is 0 Å². The number of nitrogens with zero attached hydrogens (tertiary/aromatic N) is 2. The average molecular weight is 546 g/mol. The summed E-state index contributed by atoms with van der Waals surface area (Å²) >= 11 is 3.34. The molecule has 1 amide bonds. The molecule has 1 N–H and O–H groups in total. The molecule has 0 radical (unpaired) electrons. The number of carbonyl (C=O) groups excluding carboxylic acids is 1. The Labute approximate surface area is 207 Å². The molecule has 178 valence electrons. The molecule has 8 nitrogen and oxygen atoms in total. The van der Waals surface area contributed by atoms with Gasteiger partial charge in [-0.3, -0.25) is 9.10 Å². The van der Waals surface area contributed by atoms with E-state index in [1.54, 1.807) is 54.6 Å². The highest BCUT2D eigenvalue weighted by Gasteiger charge is 2.27. The Kier molecular flexibility index (Phi) is 8.30. The van der Waals surface area contributed by atoms with Crippen molar-refractivity contribution in [2.75, 3.05) is 25.1 Å². The highest BCUT2D eigenvalue weighted by molar-refractivity contribution is 9.10. The zero-order valence-corrected chi connectivity index (χ0v) is 21.3. The fraction of sp³-hybridized carbons (Fsp3) is 0.167. The molecule has 0 unspecified atom stereocenters. The molecule has 0 aromatic heterocycles. The number of methoxy groups -OCH3 is 2. The second-order valence-electron chi connectivity index (χ2n) is 7.18. The van der Waals surface area contributed by atoms with Crippen molar-refractivity contribution < 1.29 is 22.7 Å². The van der Waals surface area contributed by atoms with Gasteiger partial charge in [0.2, 0.25) is 0 Å². The van der Waals surface area contributed by atoms with Crippen LogP contribution in [0.1, 0.15) is 11.1 Å². The number of hydrogen-bond donors (Lipinski definition) is 1. The van der Waals surface area contributed by atoms with Crippen molar-refractivity contribution in [3.05, 3.63) is 82.3 Å². The van der Waals surface area contributed by atoms with E-state index in [0.717, 1.165) is 14.3 Å². The van der Waals surface area contributed by atoms with E-state index in [4.69, 9.17) is 9.47 Å². The summed E-state index contributed by atoms with van der Waals surface area (Å²) in [7, 11) is -0.987. The molecule has 0 saturated carbocycles. The maximum atomic E-state index is 13.4. The molecule has 0 bridgehead atoms. The molecular weight excluding hydrogens is 522 g/mol. The van der Waals surface area contributed by atoms with E-state index in [2.05, 4.69) is 26.5 Å². The van der Waals surface area contributed by atoms with Gasteiger partial charge in [0.1, 0.15) is 6.54 Å². The van der Waals surface area contributed by atoms with Crippen LogP contribution in [0.5, 0.6) is 11.5 Å². The van der Waals surface area contributed by atoms with Crippen LogP contribution >= 0.6 is 15.9 Å². The van der Waals surface area contributed by atoms with E-state index in [1.807, 2.05) is 6.92 Å². The van der Waals surface area contributed by atoms with E-state index in [9.17, 15) is 13.2 Å². The van der Waals surface area contributed by atoms with E-state index >= 15 is 0 Å². The number of nitrogens with one attached hydrogen (secondary N) is 1. The molecule has 0 saturated heterocycles. The Bertz CT molecular complexity index is 1280. The lowest BCUT2D eigenvalue weighted by Crippen LogP contribution is -2.39. The minimum absolute atomic E-state index is 0.0819. The molecule has 0 aliphatic carbocycles. The Balaban J connectivity index is 1.84. The highest BCUT2D eigenvalue weighted by Crippen LogP contribution is 2.29. The van der Waals surface area contributed by atoms with Gasteiger partial charge in [0, 0.05) is 10.0 Å². The number of benzene rings is 3. The zero-order chi connectivity index (χ0) is 24.7. The normalized spacial score (nSPS) is 11.3. The second-order valence-corrected chi connectivity index (χ2v) is 9.96. The number of amides is 1. The zero-order valence-electron chi connectivity index (χ0n) is 18.9. The third-order valence-electron chi connectivity index (χ3n) is 4.84. The number of para-hydroxylation sites is 1. The van der Waals surface area contributed by atoms with Crippen LogP contribution in [0.15, 0.2) is 81.2 Å². The molecule has 3 aromatic carbocycles. The number of halogens is 1. The van der Waals surface area contributed by atoms with E-state index < -0.39 is 22.5 Å². The number of aryl methyl sites for hydroxylation is 1. The molecule has 10 heteroatoms. The smallest absolute Gasteiger partial charge is 0.264 e. The minimum Gasteiger partial charge on any atom is -0.493 e. The fourth-order valence-corrected chi connectivity index (χ4v) is 4.80. The Morgan fingerprint density at radius 1 is 1.03 bits per heavy atom. The van der Waals surface area contributed by atoms with Crippen LogP contribution in [-0.2, 0) is 14.8 Å². The van der Waals surface area contributed by atoms with Crippen LogP contribution in [0.25, 0.3) is 0 Å². The number of hydrazone groups is 1. The molecule has 34 heavy (non-hydrogen) atoms. The summed E-state index contributed by atoms with van der Waals surface area (Å²) in [6.07, 6.45) is 1.40. The third-order valence-corrected chi connectivity index (χ3v) is 7.15. The maximum absolute atomic E-state index is 13.4. The van der Waals surface area contributed by atoms with Gasteiger partial charge in [0.05, 0.1) is 31.0 Å². The van der Waals surface area contributed by atoms with Gasteiger partial charge in [-0.2, -0.15) is 5.10 Å². The number of carbonyl (C=O) groups is 1. The Hall–Kier alpha value is -3.37. The lowest BCUT2D eigenvalue weighted by molar-refractivity contribution is -0.119. The summed E-state index contributed by atoms with van der Waals surface area (Å²) in [5.41, 5.74) is 4.24. The fourth-order valence-electron chi connectivity index (χ4n) is 3.11. The first kappa shape index (κ1) is 25.3. The predicted molar refractivity (Wildman–Crippen MR) is 135 cm³/mol. The van der Waals surface area contributed by atoms with Crippen molar-refractivity contribution in [3.63, 3.8) is 0 Å². The molecule has 0 fully saturated rings. The topological polar surface area (TPSA) is 97.3 Å². The lowest BCUT2D eigenvalue weighted by atomic mass is 10.2. The van der Waals surface area contributed by atoms with Crippen molar-refractivity contribution in [1.29, 1.82) is 0 Å². The standard InChI is InChI=1S/C24H24BrN3O5S/c1-17-7-13-21(14-8-17)34(30,31)28(20-11-9-19(25)10-12-20)16-23(29)27-26-15-18-5-4-6-22(32-2)24(18)33-3/h4-15H,16H2,1-3H3,(H,27,29)/b26-15-. The molecule has 0 atom stereocenters. The monoisotopic (exact) mass is 545 g/mol. The van der Waals surface area contributed by atoms with Gasteiger partial charge in [-0.05, 0) is 55.5 Å². The molecule has 0 heterocycles. The first-order valence-corrected chi connectivity index (χ1v) is 12.4. The summed E-state index contributed by atoms with van der Waals surface area (Å²) < 4.78 is 39.2. The van der Waals surface area contributed by atoms with Crippen molar-refractivity contribution in [3.8, 4) is 11.5 Å². The number of hydrogen-bond acceptors (Lipinski definition) is 6. The van der Waals surface area contributed by atoms with Crippen LogP contribution < -0.4 is 19.2 Å².